The third kappa shape index (κ3) is 4.14. The Morgan fingerprint density at radius 1 is 1.39 bits per heavy atom. The number of nitrogens with two attached hydrogens (primary N) is 1. The molecular formula is C12H17FN3O2+. The number of carbonyl (C=O) groups is 2. The molecule has 6 heteroatoms. The van der Waals surface area contributed by atoms with E-state index in [4.69, 9.17) is 5.73 Å². The molecule has 1 aromatic rings. The molecular weight excluding hydrogens is 237 g/mol. The molecule has 0 heterocycles. The molecule has 0 aliphatic carbocycles. The molecule has 0 saturated carbocycles. The maximum atomic E-state index is 12.7. The maximum absolute atomic E-state index is 12.7. The number of primary amides is 1. The van der Waals surface area contributed by atoms with Crippen LogP contribution in [0.5, 0.6) is 0 Å². The molecule has 0 radical (unpaired) electrons. The van der Waals surface area contributed by atoms with Crippen LogP contribution in [-0.2, 0) is 9.59 Å². The SMILES string of the molecule is C[C@H](C(N)=O)[NH+](C)CC(=O)Nc1ccc(F)cc1. The molecule has 2 amide bonds. The third-order valence-corrected chi connectivity index (χ3v) is 2.73. The van der Waals surface area contributed by atoms with E-state index in [1.807, 2.05) is 0 Å². The molecule has 5 nitrogen and oxygen atoms in total. The van der Waals surface area contributed by atoms with Gasteiger partial charge in [-0.1, -0.05) is 0 Å². The quantitative estimate of drug-likeness (QED) is 0.640. The first-order chi connectivity index (χ1) is 8.40. The summed E-state index contributed by atoms with van der Waals surface area (Å²) in [6.07, 6.45) is 0. The van der Waals surface area contributed by atoms with Crippen LogP contribution in [0.3, 0.4) is 0 Å². The number of anilines is 1. The van der Waals surface area contributed by atoms with Crippen molar-refractivity contribution >= 4 is 17.5 Å². The number of likely N-dealkylation sites (N-methyl/N-ethyl adjacent to an activating group) is 1. The summed E-state index contributed by atoms with van der Waals surface area (Å²) < 4.78 is 12.7. The highest BCUT2D eigenvalue weighted by atomic mass is 19.1. The first-order valence-corrected chi connectivity index (χ1v) is 5.57. The summed E-state index contributed by atoms with van der Waals surface area (Å²) in [4.78, 5) is 23.3. The van der Waals surface area contributed by atoms with Gasteiger partial charge in [-0.25, -0.2) is 4.39 Å². The average molecular weight is 254 g/mol. The summed E-state index contributed by atoms with van der Waals surface area (Å²) in [6, 6.07) is 5.03. The number of carbonyl (C=O) groups excluding carboxylic acids is 2. The molecule has 98 valence electrons. The molecule has 1 rings (SSSR count). The van der Waals surface area contributed by atoms with E-state index in [1.165, 1.54) is 24.3 Å². The molecule has 0 fully saturated rings. The molecule has 0 aliphatic heterocycles. The van der Waals surface area contributed by atoms with E-state index < -0.39 is 11.9 Å². The van der Waals surface area contributed by atoms with Crippen LogP contribution in [0.2, 0.25) is 0 Å². The number of rotatable bonds is 5. The number of quaternary nitrogens is 1. The fraction of sp³-hybridized carbons (Fsp3) is 0.333. The minimum Gasteiger partial charge on any atom is -0.365 e. The van der Waals surface area contributed by atoms with Crippen LogP contribution in [0.4, 0.5) is 10.1 Å². The molecule has 1 aromatic carbocycles. The van der Waals surface area contributed by atoms with Gasteiger partial charge in [0, 0.05) is 5.69 Å². The number of halogens is 1. The van der Waals surface area contributed by atoms with Crippen LogP contribution < -0.4 is 16.0 Å². The lowest BCUT2D eigenvalue weighted by atomic mass is 10.2. The highest BCUT2D eigenvalue weighted by molar-refractivity contribution is 5.91. The van der Waals surface area contributed by atoms with E-state index in [1.54, 1.807) is 14.0 Å². The Morgan fingerprint density at radius 2 is 1.94 bits per heavy atom. The number of nitrogens with one attached hydrogen (secondary N) is 2. The predicted octanol–water partition coefficient (Wildman–Crippen LogP) is -0.847. The minimum atomic E-state index is -0.456. The van der Waals surface area contributed by atoms with Crippen molar-refractivity contribution in [2.45, 2.75) is 13.0 Å². The van der Waals surface area contributed by atoms with Crippen molar-refractivity contribution in [1.82, 2.24) is 0 Å². The van der Waals surface area contributed by atoms with Crippen LogP contribution in [-0.4, -0.2) is 31.4 Å². The normalized spacial score (nSPS) is 13.7. The second-order valence-corrected chi connectivity index (χ2v) is 4.20. The first kappa shape index (κ1) is 14.1. The van der Waals surface area contributed by atoms with Crippen molar-refractivity contribution < 1.29 is 18.9 Å². The molecule has 0 saturated heterocycles. The van der Waals surface area contributed by atoms with Crippen molar-refractivity contribution in [1.29, 1.82) is 0 Å². The van der Waals surface area contributed by atoms with E-state index in [-0.39, 0.29) is 18.3 Å². The summed E-state index contributed by atoms with van der Waals surface area (Å²) in [7, 11) is 1.71. The van der Waals surface area contributed by atoms with Gasteiger partial charge in [-0.2, -0.15) is 0 Å². The van der Waals surface area contributed by atoms with Crippen molar-refractivity contribution in [2.75, 3.05) is 18.9 Å². The van der Waals surface area contributed by atoms with E-state index in [0.29, 0.717) is 10.6 Å². The van der Waals surface area contributed by atoms with Gasteiger partial charge in [-0.15, -0.1) is 0 Å². The van der Waals surface area contributed by atoms with Gasteiger partial charge < -0.3 is 16.0 Å². The Hall–Kier alpha value is -1.95. The van der Waals surface area contributed by atoms with Crippen molar-refractivity contribution in [3.05, 3.63) is 30.1 Å². The van der Waals surface area contributed by atoms with E-state index in [0.717, 1.165) is 0 Å². The monoisotopic (exact) mass is 254 g/mol. The minimum absolute atomic E-state index is 0.113. The number of amides is 2. The molecule has 18 heavy (non-hydrogen) atoms. The smallest absolute Gasteiger partial charge is 0.279 e. The van der Waals surface area contributed by atoms with Gasteiger partial charge in [0.2, 0.25) is 0 Å². The molecule has 0 spiro atoms. The summed E-state index contributed by atoms with van der Waals surface area (Å²) in [5.41, 5.74) is 5.66. The summed E-state index contributed by atoms with van der Waals surface area (Å²) >= 11 is 0. The van der Waals surface area contributed by atoms with Gasteiger partial charge in [-0.05, 0) is 31.2 Å². The molecule has 4 N–H and O–H groups in total. The van der Waals surface area contributed by atoms with E-state index in [9.17, 15) is 14.0 Å². The van der Waals surface area contributed by atoms with Crippen LogP contribution >= 0.6 is 0 Å². The zero-order valence-corrected chi connectivity index (χ0v) is 10.4. The lowest BCUT2D eigenvalue weighted by Crippen LogP contribution is -3.15. The maximum Gasteiger partial charge on any atom is 0.279 e. The lowest BCUT2D eigenvalue weighted by Gasteiger charge is -2.18. The average Bonchev–Trinajstić information content (AvgIpc) is 2.30. The van der Waals surface area contributed by atoms with Crippen molar-refractivity contribution in [3.8, 4) is 0 Å². The molecule has 0 bridgehead atoms. The zero-order valence-electron chi connectivity index (χ0n) is 10.4. The number of benzene rings is 1. The largest absolute Gasteiger partial charge is 0.365 e. The van der Waals surface area contributed by atoms with E-state index >= 15 is 0 Å². The Morgan fingerprint density at radius 3 is 2.44 bits per heavy atom. The standard InChI is InChI=1S/C12H16FN3O2/c1-8(12(14)18)16(2)7-11(17)15-10-5-3-9(13)4-6-10/h3-6,8H,7H2,1-2H3,(H2,14,18)(H,15,17)/p+1/t8-/m1/s1. The summed E-state index contributed by atoms with van der Waals surface area (Å²) in [5.74, 6) is -1.08. The van der Waals surface area contributed by atoms with Crippen molar-refractivity contribution in [3.63, 3.8) is 0 Å². The molecule has 0 aliphatic rings. The second kappa shape index (κ2) is 6.11. The van der Waals surface area contributed by atoms with Gasteiger partial charge in [-0.3, -0.25) is 9.59 Å². The summed E-state index contributed by atoms with van der Waals surface area (Å²) in [6.45, 7) is 1.77. The Labute approximate surface area is 105 Å². The van der Waals surface area contributed by atoms with Gasteiger partial charge >= 0.3 is 0 Å². The van der Waals surface area contributed by atoms with Gasteiger partial charge in [0.25, 0.3) is 11.8 Å². The molecule has 2 atom stereocenters. The molecule has 0 aromatic heterocycles. The summed E-state index contributed by atoms with van der Waals surface area (Å²) in [5, 5.41) is 2.62. The topological polar surface area (TPSA) is 76.6 Å². The van der Waals surface area contributed by atoms with Crippen LogP contribution in [0.25, 0.3) is 0 Å². The number of hydrogen-bond donors (Lipinski definition) is 3. The third-order valence-electron chi connectivity index (χ3n) is 2.73. The second-order valence-electron chi connectivity index (χ2n) is 4.20. The van der Waals surface area contributed by atoms with Crippen LogP contribution in [0, 0.1) is 5.82 Å². The predicted molar refractivity (Wildman–Crippen MR) is 65.4 cm³/mol. The lowest BCUT2D eigenvalue weighted by molar-refractivity contribution is -0.885. The van der Waals surface area contributed by atoms with Crippen LogP contribution in [0.15, 0.2) is 24.3 Å². The Bertz CT molecular complexity index is 433. The zero-order chi connectivity index (χ0) is 13.7. The highest BCUT2D eigenvalue weighted by Gasteiger charge is 2.21. The van der Waals surface area contributed by atoms with Crippen molar-refractivity contribution in [2.24, 2.45) is 5.73 Å². The number of hydrogen-bond acceptors (Lipinski definition) is 2. The van der Waals surface area contributed by atoms with Crippen LogP contribution in [0.1, 0.15) is 6.92 Å². The molecule has 1 unspecified atom stereocenters. The van der Waals surface area contributed by atoms with E-state index in [2.05, 4.69) is 5.32 Å². The fourth-order valence-electron chi connectivity index (χ4n) is 1.39. The van der Waals surface area contributed by atoms with Gasteiger partial charge in [0.15, 0.2) is 12.6 Å². The van der Waals surface area contributed by atoms with Gasteiger partial charge in [0.1, 0.15) is 5.82 Å². The first-order valence-electron chi connectivity index (χ1n) is 5.57. The fourth-order valence-corrected chi connectivity index (χ4v) is 1.39. The Kier molecular flexibility index (Phi) is 4.79. The Balaban J connectivity index is 2.51. The van der Waals surface area contributed by atoms with Gasteiger partial charge in [0.05, 0.1) is 7.05 Å². The highest BCUT2D eigenvalue weighted by Crippen LogP contribution is 2.07.